The minimum absolute atomic E-state index is 0.304. The molecule has 0 spiro atoms. The van der Waals surface area contributed by atoms with Gasteiger partial charge in [0.1, 0.15) is 4.90 Å². The van der Waals surface area contributed by atoms with Gasteiger partial charge in [-0.05, 0) is 35.8 Å². The molecule has 0 fully saturated rings. The van der Waals surface area contributed by atoms with Crippen LogP contribution in [-0.4, -0.2) is 29.6 Å². The van der Waals surface area contributed by atoms with E-state index in [2.05, 4.69) is 21.0 Å². The number of thiophene rings is 1. The van der Waals surface area contributed by atoms with Crippen molar-refractivity contribution in [2.75, 3.05) is 7.05 Å². The zero-order valence-corrected chi connectivity index (χ0v) is 14.9. The first-order valence-corrected chi connectivity index (χ1v) is 9.04. The number of aryl methyl sites for hydroxylation is 2. The Morgan fingerprint density at radius 3 is 2.55 bits per heavy atom. The van der Waals surface area contributed by atoms with E-state index in [4.69, 9.17) is 0 Å². The molecule has 0 saturated carbocycles. The number of hydrogen-bond acceptors (Lipinski definition) is 4. The second kappa shape index (κ2) is 5.59. The second-order valence-electron chi connectivity index (χ2n) is 4.62. The third-order valence-electron chi connectivity index (χ3n) is 3.11. The molecule has 2 heterocycles. The van der Waals surface area contributed by atoms with E-state index in [0.717, 1.165) is 9.35 Å². The maximum Gasteiger partial charge on any atom is 0.246 e. The lowest BCUT2D eigenvalue weighted by atomic mass is 10.4. The second-order valence-corrected chi connectivity index (χ2v) is 8.51. The van der Waals surface area contributed by atoms with Crippen LogP contribution < -0.4 is 0 Å². The standard InChI is InChI=1S/C12H16BrN3O2S2/c1-8-12(9(2)16(4)14-8)20(17,18)15(3)6-11-5-10(13)7-19-11/h5,7H,6H2,1-4H3. The Hall–Kier alpha value is -0.700. The van der Waals surface area contributed by atoms with Gasteiger partial charge in [-0.25, -0.2) is 8.42 Å². The van der Waals surface area contributed by atoms with E-state index in [9.17, 15) is 8.42 Å². The van der Waals surface area contributed by atoms with Crippen molar-refractivity contribution in [3.05, 3.63) is 32.2 Å². The highest BCUT2D eigenvalue weighted by Crippen LogP contribution is 2.26. The lowest BCUT2D eigenvalue weighted by molar-refractivity contribution is 0.468. The Balaban J connectivity index is 2.34. The summed E-state index contributed by atoms with van der Waals surface area (Å²) in [5, 5.41) is 6.12. The molecule has 2 aromatic rings. The topological polar surface area (TPSA) is 55.2 Å². The molecule has 0 aromatic carbocycles. The number of rotatable bonds is 4. The molecule has 2 aromatic heterocycles. The normalized spacial score (nSPS) is 12.3. The summed E-state index contributed by atoms with van der Waals surface area (Å²) in [4.78, 5) is 1.29. The van der Waals surface area contributed by atoms with Crippen LogP contribution in [0.15, 0.2) is 20.8 Å². The van der Waals surface area contributed by atoms with Crippen LogP contribution in [0.2, 0.25) is 0 Å². The molecule has 20 heavy (non-hydrogen) atoms. The maximum atomic E-state index is 12.7. The Morgan fingerprint density at radius 1 is 1.45 bits per heavy atom. The fourth-order valence-electron chi connectivity index (χ4n) is 2.02. The van der Waals surface area contributed by atoms with Crippen molar-refractivity contribution in [3.8, 4) is 0 Å². The summed E-state index contributed by atoms with van der Waals surface area (Å²) >= 11 is 4.90. The first-order chi connectivity index (χ1) is 9.23. The van der Waals surface area contributed by atoms with Gasteiger partial charge in [0.2, 0.25) is 10.0 Å². The van der Waals surface area contributed by atoms with E-state index < -0.39 is 10.0 Å². The van der Waals surface area contributed by atoms with Crippen LogP contribution >= 0.6 is 27.3 Å². The van der Waals surface area contributed by atoms with Crippen molar-refractivity contribution in [1.29, 1.82) is 0 Å². The zero-order valence-electron chi connectivity index (χ0n) is 11.7. The summed E-state index contributed by atoms with van der Waals surface area (Å²) < 4.78 is 29.3. The molecule has 0 unspecified atom stereocenters. The van der Waals surface area contributed by atoms with Crippen molar-refractivity contribution in [2.24, 2.45) is 7.05 Å². The summed E-state index contributed by atoms with van der Waals surface area (Å²) in [6, 6.07) is 1.93. The van der Waals surface area contributed by atoms with E-state index in [1.54, 1.807) is 32.6 Å². The summed E-state index contributed by atoms with van der Waals surface area (Å²) in [7, 11) is -0.187. The van der Waals surface area contributed by atoms with Crippen molar-refractivity contribution in [3.63, 3.8) is 0 Å². The Kier molecular flexibility index (Phi) is 4.38. The molecular weight excluding hydrogens is 362 g/mol. The van der Waals surface area contributed by atoms with Gasteiger partial charge in [0.15, 0.2) is 0 Å². The van der Waals surface area contributed by atoms with Gasteiger partial charge >= 0.3 is 0 Å². The van der Waals surface area contributed by atoms with Gasteiger partial charge in [0.25, 0.3) is 0 Å². The third-order valence-corrected chi connectivity index (χ3v) is 6.85. The van der Waals surface area contributed by atoms with Gasteiger partial charge in [-0.1, -0.05) is 0 Å². The average molecular weight is 378 g/mol. The highest BCUT2D eigenvalue weighted by atomic mass is 79.9. The molecule has 8 heteroatoms. The maximum absolute atomic E-state index is 12.7. The molecule has 0 saturated heterocycles. The molecular formula is C12H16BrN3O2S2. The van der Waals surface area contributed by atoms with Crippen LogP contribution in [0.1, 0.15) is 16.3 Å². The molecule has 0 aliphatic heterocycles. The highest BCUT2D eigenvalue weighted by Gasteiger charge is 2.28. The Bertz CT molecular complexity index is 734. The minimum Gasteiger partial charge on any atom is -0.271 e. The van der Waals surface area contributed by atoms with E-state index in [0.29, 0.717) is 22.8 Å². The van der Waals surface area contributed by atoms with Gasteiger partial charge in [-0.2, -0.15) is 9.40 Å². The number of aromatic nitrogens is 2. The van der Waals surface area contributed by atoms with E-state index in [1.165, 1.54) is 15.6 Å². The van der Waals surface area contributed by atoms with Gasteiger partial charge in [0, 0.05) is 35.4 Å². The quantitative estimate of drug-likeness (QED) is 0.822. The van der Waals surface area contributed by atoms with Crippen LogP contribution in [0.25, 0.3) is 0 Å². The molecule has 5 nitrogen and oxygen atoms in total. The molecule has 0 aliphatic carbocycles. The summed E-state index contributed by atoms with van der Waals surface area (Å²) in [5.41, 5.74) is 1.19. The lowest BCUT2D eigenvalue weighted by Gasteiger charge is -2.16. The molecule has 0 bridgehead atoms. The lowest BCUT2D eigenvalue weighted by Crippen LogP contribution is -2.27. The highest BCUT2D eigenvalue weighted by molar-refractivity contribution is 9.10. The SMILES string of the molecule is Cc1nn(C)c(C)c1S(=O)(=O)N(C)Cc1cc(Br)cs1. The number of halogens is 1. The summed E-state index contributed by atoms with van der Waals surface area (Å²) in [5.74, 6) is 0. The van der Waals surface area contributed by atoms with Crippen molar-refractivity contribution >= 4 is 37.3 Å². The van der Waals surface area contributed by atoms with Gasteiger partial charge in [-0.3, -0.25) is 4.68 Å². The van der Waals surface area contributed by atoms with Crippen LogP contribution in [0, 0.1) is 13.8 Å². The van der Waals surface area contributed by atoms with Crippen LogP contribution in [0.5, 0.6) is 0 Å². The van der Waals surface area contributed by atoms with Crippen molar-refractivity contribution in [1.82, 2.24) is 14.1 Å². The summed E-state index contributed by atoms with van der Waals surface area (Å²) in [6.07, 6.45) is 0. The fraction of sp³-hybridized carbons (Fsp3) is 0.417. The number of sulfonamides is 1. The average Bonchev–Trinajstić information content (AvgIpc) is 2.84. The van der Waals surface area contributed by atoms with Gasteiger partial charge < -0.3 is 0 Å². The number of nitrogens with zero attached hydrogens (tertiary/aromatic N) is 3. The van der Waals surface area contributed by atoms with Gasteiger partial charge in [-0.15, -0.1) is 11.3 Å². The van der Waals surface area contributed by atoms with Crippen LogP contribution in [0.3, 0.4) is 0 Å². The van der Waals surface area contributed by atoms with Gasteiger partial charge in [0.05, 0.1) is 11.4 Å². The molecule has 0 aliphatic rings. The van der Waals surface area contributed by atoms with E-state index in [-0.39, 0.29) is 0 Å². The molecule has 0 atom stereocenters. The minimum atomic E-state index is -3.53. The van der Waals surface area contributed by atoms with Crippen molar-refractivity contribution in [2.45, 2.75) is 25.3 Å². The monoisotopic (exact) mass is 377 g/mol. The smallest absolute Gasteiger partial charge is 0.246 e. The molecule has 0 amide bonds. The molecule has 0 radical (unpaired) electrons. The van der Waals surface area contributed by atoms with E-state index in [1.807, 2.05) is 11.4 Å². The first-order valence-electron chi connectivity index (χ1n) is 5.93. The molecule has 2 rings (SSSR count). The largest absolute Gasteiger partial charge is 0.271 e. The predicted molar refractivity (Wildman–Crippen MR) is 83.4 cm³/mol. The first kappa shape index (κ1) is 15.7. The van der Waals surface area contributed by atoms with E-state index >= 15 is 0 Å². The summed E-state index contributed by atoms with van der Waals surface area (Å²) in [6.45, 7) is 3.84. The zero-order chi connectivity index (χ0) is 15.1. The Morgan fingerprint density at radius 2 is 2.10 bits per heavy atom. The fourth-order valence-corrected chi connectivity index (χ4v) is 5.15. The molecule has 110 valence electrons. The predicted octanol–water partition coefficient (Wildman–Crippen LogP) is 2.68. The Labute approximate surface area is 131 Å². The third kappa shape index (κ3) is 2.83. The molecule has 0 N–H and O–H groups in total. The van der Waals surface area contributed by atoms with Crippen LogP contribution in [0.4, 0.5) is 0 Å². The number of hydrogen-bond donors (Lipinski definition) is 0. The van der Waals surface area contributed by atoms with Crippen molar-refractivity contribution < 1.29 is 8.42 Å². The van der Waals surface area contributed by atoms with Crippen LogP contribution in [-0.2, 0) is 23.6 Å².